The van der Waals surface area contributed by atoms with Crippen LogP contribution in [-0.2, 0) is 6.18 Å². The van der Waals surface area contributed by atoms with E-state index >= 15 is 0 Å². The summed E-state index contributed by atoms with van der Waals surface area (Å²) in [7, 11) is 0. The molecule has 10 heteroatoms. The highest BCUT2D eigenvalue weighted by atomic mass is 19.4. The van der Waals surface area contributed by atoms with Crippen molar-refractivity contribution >= 4 is 22.7 Å². The summed E-state index contributed by atoms with van der Waals surface area (Å²) in [6, 6.07) is 17.5. The van der Waals surface area contributed by atoms with E-state index in [0.717, 1.165) is 42.9 Å². The third kappa shape index (κ3) is 5.40. The van der Waals surface area contributed by atoms with Gasteiger partial charge in [-0.1, -0.05) is 42.5 Å². The zero-order valence-corrected chi connectivity index (χ0v) is 22.0. The number of benzene rings is 2. The van der Waals surface area contributed by atoms with Crippen molar-refractivity contribution < 1.29 is 13.2 Å². The summed E-state index contributed by atoms with van der Waals surface area (Å²) < 4.78 is 40.8. The fourth-order valence-corrected chi connectivity index (χ4v) is 5.84. The van der Waals surface area contributed by atoms with Crippen molar-refractivity contribution in [3.63, 3.8) is 0 Å². The normalized spacial score (nSPS) is 18.7. The zero-order chi connectivity index (χ0) is 27.7. The minimum Gasteiger partial charge on any atom is -0.365 e. The number of aromatic amines is 1. The molecular formula is C30H31F3N6O. The molecule has 1 unspecified atom stereocenters. The van der Waals surface area contributed by atoms with Crippen LogP contribution in [0.2, 0.25) is 0 Å². The quantitative estimate of drug-likeness (QED) is 0.303. The number of aromatic nitrogens is 3. The zero-order valence-electron chi connectivity index (χ0n) is 22.0. The van der Waals surface area contributed by atoms with Crippen LogP contribution in [0.4, 0.5) is 24.9 Å². The van der Waals surface area contributed by atoms with Crippen molar-refractivity contribution in [3.8, 4) is 11.3 Å². The van der Waals surface area contributed by atoms with Gasteiger partial charge in [-0.25, -0.2) is 4.98 Å². The number of halogens is 3. The SMILES string of the molecule is O=c1[nH]c(N2CCC(c3ccccc3C(F)(F)F)CC2)nc(NC2CCCNC2)c1-c1ccc2ccccc2n1. The number of anilines is 2. The predicted octanol–water partition coefficient (Wildman–Crippen LogP) is 5.55. The van der Waals surface area contributed by atoms with Crippen molar-refractivity contribution in [1.29, 1.82) is 0 Å². The number of rotatable bonds is 5. The van der Waals surface area contributed by atoms with Crippen LogP contribution in [0.3, 0.4) is 0 Å². The van der Waals surface area contributed by atoms with E-state index in [0.29, 0.717) is 54.5 Å². The Kier molecular flexibility index (Phi) is 7.18. The number of pyridine rings is 1. The Bertz CT molecular complexity index is 1560. The first-order valence-electron chi connectivity index (χ1n) is 13.8. The number of nitrogens with one attached hydrogen (secondary N) is 3. The second-order valence-electron chi connectivity index (χ2n) is 10.5. The van der Waals surface area contributed by atoms with Gasteiger partial charge in [0, 0.05) is 31.1 Å². The Hall–Kier alpha value is -3.92. The van der Waals surface area contributed by atoms with Gasteiger partial charge < -0.3 is 15.5 Å². The molecule has 2 fully saturated rings. The molecule has 4 aromatic rings. The number of hydrogen-bond acceptors (Lipinski definition) is 6. The molecule has 3 N–H and O–H groups in total. The molecule has 6 rings (SSSR count). The summed E-state index contributed by atoms with van der Waals surface area (Å²) in [5.74, 6) is 0.677. The molecule has 0 amide bonds. The van der Waals surface area contributed by atoms with E-state index in [1.807, 2.05) is 41.3 Å². The van der Waals surface area contributed by atoms with E-state index in [2.05, 4.69) is 15.6 Å². The van der Waals surface area contributed by atoms with Crippen LogP contribution >= 0.6 is 0 Å². The predicted molar refractivity (Wildman–Crippen MR) is 151 cm³/mol. The van der Waals surface area contributed by atoms with Gasteiger partial charge in [-0.15, -0.1) is 0 Å². The number of piperidine rings is 2. The molecule has 0 radical (unpaired) electrons. The van der Waals surface area contributed by atoms with Gasteiger partial charge in [0.1, 0.15) is 11.4 Å². The third-order valence-electron chi connectivity index (χ3n) is 7.90. The lowest BCUT2D eigenvalue weighted by Gasteiger charge is -2.34. The molecule has 2 aliphatic rings. The Morgan fingerprint density at radius 1 is 0.925 bits per heavy atom. The Balaban J connectivity index is 1.30. The molecule has 0 aliphatic carbocycles. The molecule has 0 spiro atoms. The van der Waals surface area contributed by atoms with Gasteiger partial charge >= 0.3 is 6.18 Å². The maximum Gasteiger partial charge on any atom is 0.416 e. The second-order valence-corrected chi connectivity index (χ2v) is 10.5. The van der Waals surface area contributed by atoms with Crippen molar-refractivity contribution in [2.24, 2.45) is 0 Å². The van der Waals surface area contributed by atoms with E-state index in [1.54, 1.807) is 12.1 Å². The summed E-state index contributed by atoms with van der Waals surface area (Å²) in [5, 5.41) is 7.85. The average Bonchev–Trinajstić information content (AvgIpc) is 2.97. The monoisotopic (exact) mass is 548 g/mol. The largest absolute Gasteiger partial charge is 0.416 e. The second kappa shape index (κ2) is 10.9. The smallest absolute Gasteiger partial charge is 0.365 e. The molecule has 4 heterocycles. The molecule has 2 saturated heterocycles. The summed E-state index contributed by atoms with van der Waals surface area (Å²) in [6.45, 7) is 2.69. The lowest BCUT2D eigenvalue weighted by Crippen LogP contribution is -2.40. The summed E-state index contributed by atoms with van der Waals surface area (Å²) in [4.78, 5) is 28.1. The Morgan fingerprint density at radius 3 is 2.48 bits per heavy atom. The van der Waals surface area contributed by atoms with Gasteiger partial charge in [-0.2, -0.15) is 18.2 Å². The van der Waals surface area contributed by atoms with Crippen molar-refractivity contribution in [2.45, 2.75) is 43.8 Å². The van der Waals surface area contributed by atoms with E-state index < -0.39 is 11.7 Å². The maximum absolute atomic E-state index is 13.6. The lowest BCUT2D eigenvalue weighted by molar-refractivity contribution is -0.138. The number of fused-ring (bicyclic) bond motifs is 1. The standard InChI is InChI=1S/C30H31F3N6O/c31-30(32,33)23-9-3-2-8-22(23)19-13-16-39(17-14-19)29-37-27(35-21-7-5-15-34-18-21)26(28(40)38-29)25-12-11-20-6-1-4-10-24(20)36-25/h1-4,6,8-12,19,21,34H,5,7,13-18H2,(H2,35,37,38,40). The van der Waals surface area contributed by atoms with Crippen LogP contribution in [0.1, 0.15) is 42.7 Å². The molecule has 40 heavy (non-hydrogen) atoms. The maximum atomic E-state index is 13.6. The minimum absolute atomic E-state index is 0.111. The summed E-state index contributed by atoms with van der Waals surface area (Å²) in [6.07, 6.45) is -1.36. The van der Waals surface area contributed by atoms with Gasteiger partial charge in [-0.05, 0) is 61.9 Å². The van der Waals surface area contributed by atoms with E-state index in [1.165, 1.54) is 6.07 Å². The third-order valence-corrected chi connectivity index (χ3v) is 7.90. The molecular weight excluding hydrogens is 517 g/mol. The molecule has 7 nitrogen and oxygen atoms in total. The van der Waals surface area contributed by atoms with Gasteiger partial charge in [0.15, 0.2) is 0 Å². The molecule has 0 bridgehead atoms. The van der Waals surface area contributed by atoms with E-state index in [9.17, 15) is 18.0 Å². The molecule has 1 atom stereocenters. The van der Waals surface area contributed by atoms with Crippen LogP contribution in [0.5, 0.6) is 0 Å². The average molecular weight is 549 g/mol. The fourth-order valence-electron chi connectivity index (χ4n) is 5.84. The number of nitrogens with zero attached hydrogens (tertiary/aromatic N) is 3. The number of hydrogen-bond donors (Lipinski definition) is 3. The van der Waals surface area contributed by atoms with Crippen LogP contribution in [0, 0.1) is 0 Å². The van der Waals surface area contributed by atoms with Gasteiger partial charge in [-0.3, -0.25) is 9.78 Å². The summed E-state index contributed by atoms with van der Waals surface area (Å²) in [5.41, 5.74) is 1.17. The van der Waals surface area contributed by atoms with Crippen LogP contribution in [0.15, 0.2) is 65.5 Å². The number of H-pyrrole nitrogens is 1. The van der Waals surface area contributed by atoms with E-state index in [4.69, 9.17) is 9.97 Å². The summed E-state index contributed by atoms with van der Waals surface area (Å²) >= 11 is 0. The highest BCUT2D eigenvalue weighted by molar-refractivity contribution is 5.83. The van der Waals surface area contributed by atoms with Crippen LogP contribution < -0.4 is 21.1 Å². The molecule has 208 valence electrons. The Labute approximate surface area is 229 Å². The first-order chi connectivity index (χ1) is 19.4. The molecule has 2 aromatic heterocycles. The number of alkyl halides is 3. The number of para-hydroxylation sites is 1. The van der Waals surface area contributed by atoms with Crippen molar-refractivity contribution in [3.05, 3.63) is 82.1 Å². The fraction of sp³-hybridized carbons (Fsp3) is 0.367. The molecule has 2 aliphatic heterocycles. The highest BCUT2D eigenvalue weighted by Crippen LogP contribution is 2.39. The first-order valence-corrected chi connectivity index (χ1v) is 13.8. The van der Waals surface area contributed by atoms with Crippen molar-refractivity contribution in [2.75, 3.05) is 36.4 Å². The topological polar surface area (TPSA) is 85.9 Å². The molecule has 0 saturated carbocycles. The van der Waals surface area contributed by atoms with Crippen LogP contribution in [-0.4, -0.2) is 47.2 Å². The van der Waals surface area contributed by atoms with Gasteiger partial charge in [0.05, 0.1) is 16.8 Å². The lowest BCUT2D eigenvalue weighted by atomic mass is 9.86. The Morgan fingerprint density at radius 2 is 1.70 bits per heavy atom. The van der Waals surface area contributed by atoms with Gasteiger partial charge in [0.25, 0.3) is 5.56 Å². The molecule has 2 aromatic carbocycles. The van der Waals surface area contributed by atoms with Crippen molar-refractivity contribution in [1.82, 2.24) is 20.3 Å². The van der Waals surface area contributed by atoms with Crippen LogP contribution in [0.25, 0.3) is 22.2 Å². The highest BCUT2D eigenvalue weighted by Gasteiger charge is 2.36. The minimum atomic E-state index is -4.39. The van der Waals surface area contributed by atoms with E-state index in [-0.39, 0.29) is 17.5 Å². The first kappa shape index (κ1) is 26.3. The van der Waals surface area contributed by atoms with Gasteiger partial charge in [0.2, 0.25) is 5.95 Å².